The average molecular weight is 347 g/mol. The summed E-state index contributed by atoms with van der Waals surface area (Å²) >= 11 is 5.78. The molecule has 0 bridgehead atoms. The molecule has 0 saturated carbocycles. The number of carbonyl (C=O) groups is 3. The van der Waals surface area contributed by atoms with Crippen LogP contribution in [0.15, 0.2) is 42.5 Å². The van der Waals surface area contributed by atoms with E-state index in [-0.39, 0.29) is 23.2 Å². The highest BCUT2D eigenvalue weighted by atomic mass is 35.5. The van der Waals surface area contributed by atoms with Gasteiger partial charge in [0.1, 0.15) is 12.4 Å². The van der Waals surface area contributed by atoms with Gasteiger partial charge < -0.3 is 5.32 Å². The van der Waals surface area contributed by atoms with Gasteiger partial charge in [0.25, 0.3) is 11.8 Å². The van der Waals surface area contributed by atoms with Crippen LogP contribution >= 0.6 is 11.6 Å². The molecule has 24 heavy (non-hydrogen) atoms. The maximum absolute atomic E-state index is 13.6. The Morgan fingerprint density at radius 2 is 1.71 bits per heavy atom. The van der Waals surface area contributed by atoms with Gasteiger partial charge in [-0.05, 0) is 30.3 Å². The molecule has 0 radical (unpaired) electrons. The van der Waals surface area contributed by atoms with Crippen LogP contribution in [0.4, 0.5) is 4.39 Å². The summed E-state index contributed by atoms with van der Waals surface area (Å²) in [6, 6.07) is 10.4. The number of rotatable bonds is 4. The van der Waals surface area contributed by atoms with Crippen molar-refractivity contribution in [2.45, 2.75) is 6.54 Å². The van der Waals surface area contributed by atoms with Gasteiger partial charge in [-0.15, -0.1) is 0 Å². The number of fused-ring (bicyclic) bond motifs is 1. The Kier molecular flexibility index (Phi) is 4.31. The molecule has 0 aliphatic carbocycles. The van der Waals surface area contributed by atoms with Crippen molar-refractivity contribution in [3.05, 3.63) is 70.0 Å². The largest absolute Gasteiger partial charge is 0.350 e. The Bertz CT molecular complexity index is 818. The number of halogens is 2. The third kappa shape index (κ3) is 3.00. The summed E-state index contributed by atoms with van der Waals surface area (Å²) in [5, 5.41) is 2.83. The van der Waals surface area contributed by atoms with Gasteiger partial charge in [-0.1, -0.05) is 23.7 Å². The molecule has 1 N–H and O–H groups in total. The van der Waals surface area contributed by atoms with E-state index in [1.54, 1.807) is 12.1 Å². The molecule has 2 aromatic rings. The summed E-state index contributed by atoms with van der Waals surface area (Å²) < 4.78 is 13.6. The van der Waals surface area contributed by atoms with Crippen molar-refractivity contribution in [2.75, 3.05) is 6.54 Å². The fraction of sp³-hybridized carbons (Fsp3) is 0.118. The first-order chi connectivity index (χ1) is 11.5. The summed E-state index contributed by atoms with van der Waals surface area (Å²) in [5.74, 6) is -2.09. The molecule has 1 heterocycles. The van der Waals surface area contributed by atoms with Gasteiger partial charge in [0.15, 0.2) is 0 Å². The summed E-state index contributed by atoms with van der Waals surface area (Å²) in [7, 11) is 0. The highest BCUT2D eigenvalue weighted by Crippen LogP contribution is 2.22. The van der Waals surface area contributed by atoms with Gasteiger partial charge in [-0.2, -0.15) is 0 Å². The smallest absolute Gasteiger partial charge is 0.262 e. The zero-order valence-electron chi connectivity index (χ0n) is 12.4. The predicted octanol–water partition coefficient (Wildman–Crippen LogP) is 2.39. The van der Waals surface area contributed by atoms with Gasteiger partial charge in [0.2, 0.25) is 5.91 Å². The van der Waals surface area contributed by atoms with Crippen LogP contribution in [-0.4, -0.2) is 29.2 Å². The van der Waals surface area contributed by atoms with Crippen LogP contribution in [-0.2, 0) is 11.3 Å². The minimum atomic E-state index is -0.566. The number of nitrogens with one attached hydrogen (secondary N) is 1. The van der Waals surface area contributed by atoms with Gasteiger partial charge in [-0.25, -0.2) is 4.39 Å². The van der Waals surface area contributed by atoms with E-state index in [2.05, 4.69) is 5.32 Å². The molecule has 3 rings (SSSR count). The van der Waals surface area contributed by atoms with Crippen LogP contribution in [0.5, 0.6) is 0 Å². The second kappa shape index (κ2) is 6.41. The van der Waals surface area contributed by atoms with E-state index >= 15 is 0 Å². The maximum Gasteiger partial charge on any atom is 0.262 e. The number of hydrogen-bond donors (Lipinski definition) is 1. The zero-order chi connectivity index (χ0) is 17.3. The first-order valence-corrected chi connectivity index (χ1v) is 7.51. The molecule has 0 atom stereocenters. The number of imide groups is 1. The van der Waals surface area contributed by atoms with E-state index in [1.807, 2.05) is 0 Å². The van der Waals surface area contributed by atoms with Crippen molar-refractivity contribution in [1.29, 1.82) is 0 Å². The number of benzene rings is 2. The molecular formula is C17H12ClFN2O3. The highest BCUT2D eigenvalue weighted by Gasteiger charge is 2.36. The lowest BCUT2D eigenvalue weighted by Crippen LogP contribution is -2.40. The Morgan fingerprint density at radius 1 is 1.08 bits per heavy atom. The quantitative estimate of drug-likeness (QED) is 0.864. The van der Waals surface area contributed by atoms with Crippen LogP contribution in [0.2, 0.25) is 5.02 Å². The van der Waals surface area contributed by atoms with Gasteiger partial charge >= 0.3 is 0 Å². The molecule has 0 aromatic heterocycles. The topological polar surface area (TPSA) is 66.5 Å². The third-order valence-electron chi connectivity index (χ3n) is 3.66. The van der Waals surface area contributed by atoms with Crippen LogP contribution in [0, 0.1) is 5.82 Å². The van der Waals surface area contributed by atoms with E-state index < -0.39 is 30.1 Å². The standard InChI is InChI=1S/C17H12ClFN2O3/c18-11-5-6-14(19)10(7-11)8-20-15(22)9-21-16(23)12-3-1-2-4-13(12)17(21)24/h1-7H,8-9H2,(H,20,22). The molecule has 3 amide bonds. The normalized spacial score (nSPS) is 13.2. The molecule has 122 valence electrons. The molecule has 1 aliphatic rings. The second-order valence-corrected chi connectivity index (χ2v) is 5.69. The van der Waals surface area contributed by atoms with E-state index in [4.69, 9.17) is 11.6 Å². The lowest BCUT2D eigenvalue weighted by atomic mass is 10.1. The molecule has 0 unspecified atom stereocenters. The molecule has 0 saturated heterocycles. The summed E-state index contributed by atoms with van der Waals surface area (Å²) in [4.78, 5) is 37.2. The monoisotopic (exact) mass is 346 g/mol. The van der Waals surface area contributed by atoms with E-state index in [1.165, 1.54) is 30.3 Å². The molecule has 7 heteroatoms. The molecular weight excluding hydrogens is 335 g/mol. The lowest BCUT2D eigenvalue weighted by Gasteiger charge is -2.14. The van der Waals surface area contributed by atoms with Crippen molar-refractivity contribution < 1.29 is 18.8 Å². The van der Waals surface area contributed by atoms with Crippen molar-refractivity contribution >= 4 is 29.3 Å². The Labute approximate surface area is 142 Å². The fourth-order valence-corrected chi connectivity index (χ4v) is 2.65. The first kappa shape index (κ1) is 16.1. The average Bonchev–Trinajstić information content (AvgIpc) is 2.81. The van der Waals surface area contributed by atoms with E-state index in [9.17, 15) is 18.8 Å². The second-order valence-electron chi connectivity index (χ2n) is 5.25. The van der Waals surface area contributed by atoms with Gasteiger partial charge in [0.05, 0.1) is 11.1 Å². The molecule has 0 spiro atoms. The van der Waals surface area contributed by atoms with Crippen molar-refractivity contribution in [1.82, 2.24) is 10.2 Å². The molecule has 0 fully saturated rings. The third-order valence-corrected chi connectivity index (χ3v) is 3.90. The molecule has 5 nitrogen and oxygen atoms in total. The van der Waals surface area contributed by atoms with Crippen molar-refractivity contribution in [2.24, 2.45) is 0 Å². The maximum atomic E-state index is 13.6. The van der Waals surface area contributed by atoms with Crippen LogP contribution < -0.4 is 5.32 Å². The predicted molar refractivity (Wildman–Crippen MR) is 85.1 cm³/mol. The van der Waals surface area contributed by atoms with Gasteiger partial charge in [0, 0.05) is 17.1 Å². The van der Waals surface area contributed by atoms with Gasteiger partial charge in [-0.3, -0.25) is 19.3 Å². The highest BCUT2D eigenvalue weighted by molar-refractivity contribution is 6.30. The minimum Gasteiger partial charge on any atom is -0.350 e. The van der Waals surface area contributed by atoms with Crippen molar-refractivity contribution in [3.8, 4) is 0 Å². The van der Waals surface area contributed by atoms with Crippen molar-refractivity contribution in [3.63, 3.8) is 0 Å². The number of carbonyl (C=O) groups excluding carboxylic acids is 3. The summed E-state index contributed by atoms with van der Waals surface area (Å²) in [5.41, 5.74) is 0.769. The Morgan fingerprint density at radius 3 is 2.33 bits per heavy atom. The van der Waals surface area contributed by atoms with E-state index in [0.717, 1.165) is 4.90 Å². The Balaban J connectivity index is 1.65. The molecule has 2 aromatic carbocycles. The summed E-state index contributed by atoms with van der Waals surface area (Å²) in [6.07, 6.45) is 0. The zero-order valence-corrected chi connectivity index (χ0v) is 13.1. The van der Waals surface area contributed by atoms with Crippen LogP contribution in [0.3, 0.4) is 0 Å². The summed E-state index contributed by atoms with van der Waals surface area (Å²) in [6.45, 7) is -0.511. The number of nitrogens with zero attached hydrogens (tertiary/aromatic N) is 1. The number of amides is 3. The van der Waals surface area contributed by atoms with Crippen LogP contribution in [0.1, 0.15) is 26.3 Å². The Hall–Kier alpha value is -2.73. The molecule has 1 aliphatic heterocycles. The minimum absolute atomic E-state index is 0.0889. The fourth-order valence-electron chi connectivity index (χ4n) is 2.45. The number of hydrogen-bond acceptors (Lipinski definition) is 3. The lowest BCUT2D eigenvalue weighted by molar-refractivity contribution is -0.121. The van der Waals surface area contributed by atoms with Crippen LogP contribution in [0.25, 0.3) is 0 Å². The first-order valence-electron chi connectivity index (χ1n) is 7.13. The SMILES string of the molecule is O=C(CN1C(=O)c2ccccc2C1=O)NCc1cc(Cl)ccc1F. The van der Waals surface area contributed by atoms with E-state index in [0.29, 0.717) is 5.02 Å².